The summed E-state index contributed by atoms with van der Waals surface area (Å²) in [6.45, 7) is 1.61. The van der Waals surface area contributed by atoms with Crippen LogP contribution in [0.4, 0.5) is 0 Å². The third kappa shape index (κ3) is 15.4. The Kier molecular flexibility index (Phi) is 17.2. The predicted octanol–water partition coefficient (Wildman–Crippen LogP) is -4.69. The molecule has 0 aromatic carbocycles. The lowest BCUT2D eigenvalue weighted by Crippen LogP contribution is -2.59. The number of hydrogen-bond acceptors (Lipinski definition) is 11. The predicted molar refractivity (Wildman–Crippen MR) is 144 cm³/mol. The van der Waals surface area contributed by atoms with Gasteiger partial charge in [-0.05, 0) is 18.8 Å². The molecule has 0 saturated heterocycles. The summed E-state index contributed by atoms with van der Waals surface area (Å²) < 4.78 is 0. The first-order valence-electron chi connectivity index (χ1n) is 13.1. The number of rotatable bonds is 21. The molecule has 12 N–H and O–H groups in total. The molecule has 0 radical (unpaired) electrons. The number of carboxylic acids is 4. The molecule has 20 nitrogen and oxygen atoms in total. The molecule has 44 heavy (non-hydrogen) atoms. The molecule has 0 saturated carbocycles. The highest BCUT2D eigenvalue weighted by Gasteiger charge is 2.34. The van der Waals surface area contributed by atoms with E-state index < -0.39 is 122 Å². The third-order valence-electron chi connectivity index (χ3n) is 5.64. The second kappa shape index (κ2) is 19.4. The molecule has 0 aliphatic heterocycles. The summed E-state index contributed by atoms with van der Waals surface area (Å²) >= 11 is 0. The van der Waals surface area contributed by atoms with Crippen molar-refractivity contribution < 1.29 is 68.7 Å². The average molecular weight is 635 g/mol. The Hall–Kier alpha value is -4.85. The molecule has 0 aliphatic carbocycles. The van der Waals surface area contributed by atoms with E-state index in [1.54, 1.807) is 13.8 Å². The highest BCUT2D eigenvalue weighted by Crippen LogP contribution is 2.09. The van der Waals surface area contributed by atoms with Crippen LogP contribution < -0.4 is 32.3 Å². The molecule has 248 valence electrons. The van der Waals surface area contributed by atoms with Gasteiger partial charge in [-0.25, -0.2) is 4.79 Å². The molecular weight excluding hydrogens is 596 g/mol. The average Bonchev–Trinajstić information content (AvgIpc) is 2.91. The van der Waals surface area contributed by atoms with Crippen molar-refractivity contribution in [3.8, 4) is 0 Å². The Morgan fingerprint density at radius 3 is 1.41 bits per heavy atom. The summed E-state index contributed by atoms with van der Waals surface area (Å²) in [5, 5.41) is 56.0. The van der Waals surface area contributed by atoms with Crippen molar-refractivity contribution in [2.45, 2.75) is 76.2 Å². The van der Waals surface area contributed by atoms with Crippen molar-refractivity contribution in [2.24, 2.45) is 11.7 Å². The van der Waals surface area contributed by atoms with Gasteiger partial charge >= 0.3 is 23.9 Å². The van der Waals surface area contributed by atoms with Gasteiger partial charge in [-0.15, -0.1) is 0 Å². The number of amides is 5. The second-order valence-electron chi connectivity index (χ2n) is 9.85. The van der Waals surface area contributed by atoms with Gasteiger partial charge in [0, 0.05) is 6.42 Å². The standard InChI is InChI=1S/C24H38N6O14/c1-10(2)5-12(21(40)29-14(7-19(37)38)23(42)30-15(9-31)24(43)44)28-20(39)11(3-4-17(33)34)27-22(41)13(6-18(35)36)26-16(32)8-25/h10-15,31H,3-9,25H2,1-2H3,(H,26,32)(H,27,41)(H,28,39)(H,29,40)(H,30,42)(H,33,34)(H,35,36)(H,37,38)(H,43,44)/t11-,12-,13-,14-,15-/m0/s1. The number of nitrogens with two attached hydrogens (primary N) is 1. The van der Waals surface area contributed by atoms with Crippen LogP contribution in [0.5, 0.6) is 0 Å². The summed E-state index contributed by atoms with van der Waals surface area (Å²) in [6.07, 6.45) is -3.28. The first-order valence-corrected chi connectivity index (χ1v) is 13.1. The Labute approximate surface area is 250 Å². The molecule has 0 aromatic heterocycles. The fourth-order valence-electron chi connectivity index (χ4n) is 3.54. The number of aliphatic hydroxyl groups is 1. The van der Waals surface area contributed by atoms with E-state index in [2.05, 4.69) is 21.3 Å². The van der Waals surface area contributed by atoms with Crippen LogP contribution in [0.1, 0.15) is 46.0 Å². The maximum absolute atomic E-state index is 13.2. The van der Waals surface area contributed by atoms with Crippen molar-refractivity contribution in [1.29, 1.82) is 0 Å². The summed E-state index contributed by atoms with van der Waals surface area (Å²) in [6, 6.07) is -8.56. The van der Waals surface area contributed by atoms with E-state index in [1.807, 2.05) is 5.32 Å². The molecule has 0 rings (SSSR count). The number of carboxylic acid groups (broad SMARTS) is 4. The molecule has 5 amide bonds. The van der Waals surface area contributed by atoms with Crippen LogP contribution in [-0.4, -0.2) is 122 Å². The van der Waals surface area contributed by atoms with Crippen molar-refractivity contribution in [2.75, 3.05) is 13.2 Å². The van der Waals surface area contributed by atoms with E-state index in [1.165, 1.54) is 0 Å². The smallest absolute Gasteiger partial charge is 0.328 e. The minimum atomic E-state index is -1.86. The zero-order valence-corrected chi connectivity index (χ0v) is 23.9. The number of nitrogens with one attached hydrogen (secondary N) is 5. The molecule has 0 bridgehead atoms. The fourth-order valence-corrected chi connectivity index (χ4v) is 3.54. The Bertz CT molecular complexity index is 1100. The maximum Gasteiger partial charge on any atom is 0.328 e. The van der Waals surface area contributed by atoms with Gasteiger partial charge in [0.1, 0.15) is 30.2 Å². The van der Waals surface area contributed by atoms with Crippen molar-refractivity contribution in [3.63, 3.8) is 0 Å². The molecule has 0 aliphatic rings. The zero-order valence-electron chi connectivity index (χ0n) is 23.9. The van der Waals surface area contributed by atoms with Gasteiger partial charge in [0.2, 0.25) is 29.5 Å². The van der Waals surface area contributed by atoms with E-state index in [-0.39, 0.29) is 12.3 Å². The lowest BCUT2D eigenvalue weighted by Gasteiger charge is -2.27. The Morgan fingerprint density at radius 2 is 1.00 bits per heavy atom. The normalized spacial score (nSPS) is 14.1. The molecule has 0 unspecified atom stereocenters. The monoisotopic (exact) mass is 634 g/mol. The molecular formula is C24H38N6O14. The molecule has 20 heteroatoms. The Balaban J connectivity index is 6.09. The van der Waals surface area contributed by atoms with E-state index in [0.29, 0.717) is 0 Å². The molecule has 0 spiro atoms. The van der Waals surface area contributed by atoms with E-state index in [0.717, 1.165) is 0 Å². The number of hydrogen-bond donors (Lipinski definition) is 11. The molecule has 5 atom stereocenters. The summed E-state index contributed by atoms with van der Waals surface area (Å²) in [7, 11) is 0. The molecule has 0 heterocycles. The van der Waals surface area contributed by atoms with E-state index in [4.69, 9.17) is 26.2 Å². The van der Waals surface area contributed by atoms with Gasteiger partial charge in [-0.1, -0.05) is 13.8 Å². The van der Waals surface area contributed by atoms with Crippen LogP contribution in [0.15, 0.2) is 0 Å². The van der Waals surface area contributed by atoms with Crippen LogP contribution in [0.25, 0.3) is 0 Å². The number of carbonyl (C=O) groups excluding carboxylic acids is 5. The third-order valence-corrected chi connectivity index (χ3v) is 5.64. The van der Waals surface area contributed by atoms with Crippen molar-refractivity contribution in [3.05, 3.63) is 0 Å². The van der Waals surface area contributed by atoms with Crippen LogP contribution in [0, 0.1) is 5.92 Å². The van der Waals surface area contributed by atoms with E-state index >= 15 is 0 Å². The SMILES string of the molecule is CC(C)C[C@H](NC(=O)[C@H](CCC(=O)O)NC(=O)[C@H](CC(=O)O)NC(=O)CN)C(=O)N[C@@H](CC(=O)O)C(=O)N[C@@H](CO)C(=O)O. The topological polar surface area (TPSA) is 341 Å². The molecule has 0 aromatic rings. The minimum absolute atomic E-state index is 0.124. The maximum atomic E-state index is 13.2. The number of aliphatic hydroxyl groups excluding tert-OH is 1. The first-order chi connectivity index (χ1) is 20.4. The van der Waals surface area contributed by atoms with Crippen LogP contribution >= 0.6 is 0 Å². The fraction of sp³-hybridized carbons (Fsp3) is 0.625. The zero-order chi connectivity index (χ0) is 34.1. The quantitative estimate of drug-likeness (QED) is 0.0565. The highest BCUT2D eigenvalue weighted by atomic mass is 16.4. The van der Waals surface area contributed by atoms with Crippen molar-refractivity contribution in [1.82, 2.24) is 26.6 Å². The van der Waals surface area contributed by atoms with Gasteiger partial charge in [-0.3, -0.25) is 38.4 Å². The summed E-state index contributed by atoms with van der Waals surface area (Å²) in [5.41, 5.74) is 5.17. The molecule has 0 fully saturated rings. The van der Waals surface area contributed by atoms with Crippen LogP contribution in [0.2, 0.25) is 0 Å². The summed E-state index contributed by atoms with van der Waals surface area (Å²) in [5.74, 6) is -12.0. The van der Waals surface area contributed by atoms with Crippen molar-refractivity contribution >= 4 is 53.4 Å². The van der Waals surface area contributed by atoms with Gasteiger partial charge in [0.05, 0.1) is 26.0 Å². The lowest BCUT2D eigenvalue weighted by atomic mass is 10.0. The van der Waals surface area contributed by atoms with Gasteiger partial charge in [0.25, 0.3) is 0 Å². The van der Waals surface area contributed by atoms with Gasteiger partial charge in [-0.2, -0.15) is 0 Å². The first kappa shape index (κ1) is 39.1. The number of carbonyl (C=O) groups is 9. The Morgan fingerprint density at radius 1 is 0.591 bits per heavy atom. The highest BCUT2D eigenvalue weighted by molar-refractivity contribution is 5.97. The van der Waals surface area contributed by atoms with E-state index in [9.17, 15) is 48.3 Å². The number of aliphatic carboxylic acids is 4. The van der Waals surface area contributed by atoms with Crippen LogP contribution in [0.3, 0.4) is 0 Å². The minimum Gasteiger partial charge on any atom is -0.481 e. The summed E-state index contributed by atoms with van der Waals surface area (Å²) in [4.78, 5) is 108. The van der Waals surface area contributed by atoms with Gasteiger partial charge < -0.3 is 57.9 Å². The second-order valence-corrected chi connectivity index (χ2v) is 9.85. The largest absolute Gasteiger partial charge is 0.481 e. The van der Waals surface area contributed by atoms with Crippen LogP contribution in [-0.2, 0) is 43.2 Å². The van der Waals surface area contributed by atoms with Gasteiger partial charge in [0.15, 0.2) is 0 Å². The lowest BCUT2D eigenvalue weighted by molar-refractivity contribution is -0.145.